The summed E-state index contributed by atoms with van der Waals surface area (Å²) in [6.07, 6.45) is 1.11. The third kappa shape index (κ3) is 4.23. The Bertz CT molecular complexity index is 54.6. The molecule has 0 spiro atoms. The minimum Gasteiger partial charge on any atom is -0.0583 e. The first-order chi connectivity index (χ1) is 2.77. The van der Waals surface area contributed by atoms with Gasteiger partial charge in [0.25, 0.3) is 0 Å². The van der Waals surface area contributed by atoms with Gasteiger partial charge < -0.3 is 0 Å². The first kappa shape index (κ1) is 6.23. The molecule has 0 aliphatic rings. The molecule has 0 aliphatic carbocycles. The van der Waals surface area contributed by atoms with E-state index in [1.165, 1.54) is 0 Å². The van der Waals surface area contributed by atoms with Gasteiger partial charge in [-0.2, -0.15) is 0 Å². The van der Waals surface area contributed by atoms with Gasteiger partial charge in [-0.15, -0.1) is 0 Å². The zero-order valence-electron chi connectivity index (χ0n) is 4.31. The van der Waals surface area contributed by atoms with Crippen LogP contribution in [0.15, 0.2) is 0 Å². The Morgan fingerprint density at radius 3 is 2.33 bits per heavy atom. The van der Waals surface area contributed by atoms with Crippen LogP contribution in [-0.2, 0) is 0 Å². The molecular weight excluding hydrogens is 89.8 g/mol. The molecule has 2 radical (unpaired) electrons. The van der Waals surface area contributed by atoms with Gasteiger partial charge in [-0.25, -0.2) is 0 Å². The summed E-state index contributed by atoms with van der Waals surface area (Å²) in [4.78, 5) is 0. The lowest BCUT2D eigenvalue weighted by molar-refractivity contribution is 1.35. The van der Waals surface area contributed by atoms with Gasteiger partial charge in [0.1, 0.15) is 0 Å². The number of hydrogen-bond donors (Lipinski definition) is 0. The SMILES string of the molecule is [B][P+](C)=CCC. The van der Waals surface area contributed by atoms with Crippen LogP contribution in [0.5, 0.6) is 0 Å². The van der Waals surface area contributed by atoms with E-state index in [1.807, 2.05) is 6.66 Å². The molecule has 0 saturated carbocycles. The van der Waals surface area contributed by atoms with Crippen molar-refractivity contribution < 1.29 is 0 Å². The Labute approximate surface area is 41.7 Å². The summed E-state index contributed by atoms with van der Waals surface area (Å²) in [5.41, 5.74) is 0. The summed E-state index contributed by atoms with van der Waals surface area (Å²) in [5.74, 6) is 2.13. The summed E-state index contributed by atoms with van der Waals surface area (Å²) in [6, 6.07) is 0. The smallest absolute Gasteiger partial charge is 0.0583 e. The first-order valence-corrected chi connectivity index (χ1v) is 4.01. The monoisotopic (exact) mass is 99.1 g/mol. The van der Waals surface area contributed by atoms with Gasteiger partial charge in [-0.3, -0.25) is 0 Å². The van der Waals surface area contributed by atoms with Crippen LogP contribution in [0.1, 0.15) is 13.3 Å². The Morgan fingerprint density at radius 1 is 1.83 bits per heavy atom. The minimum atomic E-state index is -0.226. The topological polar surface area (TPSA) is 0 Å². The molecule has 0 aliphatic heterocycles. The van der Waals surface area contributed by atoms with E-state index in [9.17, 15) is 0 Å². The van der Waals surface area contributed by atoms with Crippen LogP contribution in [0.3, 0.4) is 0 Å². The molecule has 0 bridgehead atoms. The molecular formula is C4H9BP+. The fraction of sp³-hybridized carbons (Fsp3) is 0.750. The zero-order valence-corrected chi connectivity index (χ0v) is 5.20. The van der Waals surface area contributed by atoms with E-state index in [1.54, 1.807) is 0 Å². The van der Waals surface area contributed by atoms with Crippen molar-refractivity contribution in [3.63, 3.8) is 0 Å². The van der Waals surface area contributed by atoms with Crippen molar-refractivity contribution in [1.82, 2.24) is 0 Å². The highest BCUT2D eigenvalue weighted by Crippen LogP contribution is 2.04. The van der Waals surface area contributed by atoms with Crippen molar-refractivity contribution in [2.75, 3.05) is 6.66 Å². The maximum Gasteiger partial charge on any atom is 0.439 e. The lowest BCUT2D eigenvalue weighted by atomic mass is 10.6. The van der Waals surface area contributed by atoms with Crippen LogP contribution in [0, 0.1) is 0 Å². The number of hydrogen-bond acceptors (Lipinski definition) is 0. The fourth-order valence-corrected chi connectivity index (χ4v) is 0.864. The molecule has 0 saturated heterocycles. The van der Waals surface area contributed by atoms with E-state index in [-0.39, 0.29) is 7.42 Å². The summed E-state index contributed by atoms with van der Waals surface area (Å²) < 4.78 is 0. The average molecular weight is 98.9 g/mol. The molecule has 0 N–H and O–H groups in total. The molecule has 0 aromatic rings. The highest BCUT2D eigenvalue weighted by molar-refractivity contribution is 7.80. The summed E-state index contributed by atoms with van der Waals surface area (Å²) in [6.45, 7) is 4.14. The molecule has 0 amide bonds. The van der Waals surface area contributed by atoms with Crippen LogP contribution in [0.4, 0.5) is 0 Å². The zero-order chi connectivity index (χ0) is 4.99. The van der Waals surface area contributed by atoms with Gasteiger partial charge in [0.2, 0.25) is 0 Å². The molecule has 0 nitrogen and oxygen atoms in total. The Morgan fingerprint density at radius 2 is 2.33 bits per heavy atom. The second kappa shape index (κ2) is 3.43. The van der Waals surface area contributed by atoms with E-state index in [0.29, 0.717) is 0 Å². The van der Waals surface area contributed by atoms with Gasteiger partial charge in [-0.1, -0.05) is 6.92 Å². The van der Waals surface area contributed by atoms with E-state index < -0.39 is 0 Å². The van der Waals surface area contributed by atoms with E-state index in [4.69, 9.17) is 7.57 Å². The van der Waals surface area contributed by atoms with Crippen LogP contribution in [-0.4, -0.2) is 20.0 Å². The van der Waals surface area contributed by atoms with Crippen molar-refractivity contribution in [2.24, 2.45) is 0 Å². The molecule has 0 aromatic carbocycles. The van der Waals surface area contributed by atoms with Gasteiger partial charge in [0, 0.05) is 7.42 Å². The van der Waals surface area contributed by atoms with Gasteiger partial charge in [0.05, 0.1) is 12.5 Å². The van der Waals surface area contributed by atoms with Gasteiger partial charge >= 0.3 is 7.57 Å². The molecule has 1 unspecified atom stereocenters. The van der Waals surface area contributed by atoms with E-state index in [2.05, 4.69) is 12.7 Å². The summed E-state index contributed by atoms with van der Waals surface area (Å²) in [7, 11) is 5.19. The maximum absolute atomic E-state index is 5.41. The van der Waals surface area contributed by atoms with Gasteiger partial charge in [0.15, 0.2) is 0 Å². The largest absolute Gasteiger partial charge is 0.439 e. The van der Waals surface area contributed by atoms with Gasteiger partial charge in [-0.05, 0) is 6.42 Å². The second-order valence-electron chi connectivity index (χ2n) is 1.26. The van der Waals surface area contributed by atoms with Crippen molar-refractivity contribution in [3.05, 3.63) is 0 Å². The standard InChI is InChI=1S/C4H9BP/c1-3-4-6(2)5/h4H,3H2,1-2H3/q+1. The van der Waals surface area contributed by atoms with Crippen LogP contribution < -0.4 is 0 Å². The Balaban J connectivity index is 3.14. The molecule has 2 heteroatoms. The number of rotatable bonds is 1. The van der Waals surface area contributed by atoms with Crippen LogP contribution in [0.2, 0.25) is 0 Å². The molecule has 6 heavy (non-hydrogen) atoms. The van der Waals surface area contributed by atoms with Crippen molar-refractivity contribution >= 4 is 20.8 Å². The van der Waals surface area contributed by atoms with Crippen LogP contribution >= 0.6 is 7.42 Å². The third-order valence-electron chi connectivity index (χ3n) is 0.471. The quantitative estimate of drug-likeness (QED) is 0.344. The normalized spacial score (nSPS) is 12.0. The fourth-order valence-electron chi connectivity index (χ4n) is 0.288. The predicted octanol–water partition coefficient (Wildman–Crippen LogP) is 1.39. The average Bonchev–Trinajstić information content (AvgIpc) is 1.35. The molecule has 1 atom stereocenters. The minimum absolute atomic E-state index is 0.226. The Hall–Kier alpha value is 0.235. The maximum atomic E-state index is 5.41. The molecule has 32 valence electrons. The lowest BCUT2D eigenvalue weighted by Crippen LogP contribution is -1.62. The van der Waals surface area contributed by atoms with Crippen molar-refractivity contribution in [1.29, 1.82) is 0 Å². The second-order valence-corrected chi connectivity index (χ2v) is 2.95. The van der Waals surface area contributed by atoms with E-state index >= 15 is 0 Å². The van der Waals surface area contributed by atoms with Crippen molar-refractivity contribution in [3.8, 4) is 0 Å². The van der Waals surface area contributed by atoms with E-state index in [0.717, 1.165) is 6.42 Å². The predicted molar refractivity (Wildman–Crippen MR) is 35.0 cm³/mol. The summed E-state index contributed by atoms with van der Waals surface area (Å²) in [5, 5.41) is 0. The molecule has 0 aromatic heterocycles. The highest BCUT2D eigenvalue weighted by atomic mass is 31.1. The molecule has 0 heterocycles. The lowest BCUT2D eigenvalue weighted by Gasteiger charge is -1.67. The first-order valence-electron chi connectivity index (χ1n) is 2.08. The molecule has 0 rings (SSSR count). The van der Waals surface area contributed by atoms with Crippen molar-refractivity contribution in [2.45, 2.75) is 13.3 Å². The third-order valence-corrected chi connectivity index (χ3v) is 1.41. The van der Waals surface area contributed by atoms with Crippen LogP contribution in [0.25, 0.3) is 0 Å². The highest BCUT2D eigenvalue weighted by Gasteiger charge is 1.82. The summed E-state index contributed by atoms with van der Waals surface area (Å²) >= 11 is 0. The Kier molecular flexibility index (Phi) is 3.56. The molecule has 0 fully saturated rings.